The first-order valence-corrected chi connectivity index (χ1v) is 7.16. The Balaban J connectivity index is 2.08. The van der Waals surface area contributed by atoms with Gasteiger partial charge in [0, 0.05) is 23.4 Å². The summed E-state index contributed by atoms with van der Waals surface area (Å²) in [5, 5.41) is 12.3. The minimum atomic E-state index is -1.11. The van der Waals surface area contributed by atoms with Crippen LogP contribution in [-0.4, -0.2) is 28.8 Å². The number of carboxylic acids is 1. The number of carboxylic acid groups (broad SMARTS) is 1. The predicted octanol–water partition coefficient (Wildman–Crippen LogP) is 2.28. The summed E-state index contributed by atoms with van der Waals surface area (Å²) in [7, 11) is 0. The molecule has 112 valence electrons. The Labute approximate surface area is 127 Å². The quantitative estimate of drug-likeness (QED) is 0.893. The lowest BCUT2D eigenvalue weighted by atomic mass is 9.83. The van der Waals surface area contributed by atoms with Crippen LogP contribution in [0.1, 0.15) is 36.0 Å². The number of carbonyl (C=O) groups is 3. The third-order valence-corrected chi connectivity index (χ3v) is 3.90. The number of aliphatic carboxylic acids is 1. The zero-order chi connectivity index (χ0) is 15.4. The summed E-state index contributed by atoms with van der Waals surface area (Å²) >= 11 is 5.75. The van der Waals surface area contributed by atoms with Gasteiger partial charge < -0.3 is 10.4 Å². The molecule has 21 heavy (non-hydrogen) atoms. The van der Waals surface area contributed by atoms with Crippen molar-refractivity contribution in [3.05, 3.63) is 34.9 Å². The number of amides is 1. The van der Waals surface area contributed by atoms with E-state index in [-0.39, 0.29) is 18.1 Å². The lowest BCUT2D eigenvalue weighted by Gasteiger charge is -2.27. The average molecular weight is 310 g/mol. The van der Waals surface area contributed by atoms with E-state index in [4.69, 9.17) is 11.6 Å². The van der Waals surface area contributed by atoms with E-state index in [0.717, 1.165) is 0 Å². The normalized spacial score (nSPS) is 19.9. The highest BCUT2D eigenvalue weighted by atomic mass is 35.5. The SMILES string of the molecule is O=C1CCC[C@H]([C@@H](NC(=O)c2ccc(Cl)cc2)C(=O)O)C1. The van der Waals surface area contributed by atoms with Crippen molar-refractivity contribution in [3.63, 3.8) is 0 Å². The van der Waals surface area contributed by atoms with Crippen molar-refractivity contribution in [1.29, 1.82) is 0 Å². The van der Waals surface area contributed by atoms with E-state index in [1.807, 2.05) is 0 Å². The smallest absolute Gasteiger partial charge is 0.326 e. The topological polar surface area (TPSA) is 83.5 Å². The molecule has 1 amide bonds. The third kappa shape index (κ3) is 4.04. The molecule has 0 aromatic heterocycles. The Morgan fingerprint density at radius 1 is 1.29 bits per heavy atom. The first-order chi connectivity index (χ1) is 9.97. The third-order valence-electron chi connectivity index (χ3n) is 3.65. The number of Topliss-reactive ketones (excluding diaryl/α,β-unsaturated/α-hetero) is 1. The van der Waals surface area contributed by atoms with Gasteiger partial charge in [-0.1, -0.05) is 11.6 Å². The fourth-order valence-corrected chi connectivity index (χ4v) is 2.68. The van der Waals surface area contributed by atoms with Crippen LogP contribution in [0.5, 0.6) is 0 Å². The van der Waals surface area contributed by atoms with Crippen LogP contribution in [0.25, 0.3) is 0 Å². The van der Waals surface area contributed by atoms with Crippen LogP contribution in [0, 0.1) is 5.92 Å². The molecule has 0 radical (unpaired) electrons. The molecule has 2 rings (SSSR count). The van der Waals surface area contributed by atoms with E-state index in [9.17, 15) is 19.5 Å². The van der Waals surface area contributed by atoms with Crippen LogP contribution in [-0.2, 0) is 9.59 Å². The molecule has 1 fully saturated rings. The molecule has 1 aliphatic rings. The highest BCUT2D eigenvalue weighted by Crippen LogP contribution is 2.25. The van der Waals surface area contributed by atoms with Crippen LogP contribution in [0.3, 0.4) is 0 Å². The van der Waals surface area contributed by atoms with Gasteiger partial charge in [-0.25, -0.2) is 4.79 Å². The number of halogens is 1. The number of nitrogens with one attached hydrogen (secondary N) is 1. The monoisotopic (exact) mass is 309 g/mol. The van der Waals surface area contributed by atoms with Crippen molar-refractivity contribution in [2.75, 3.05) is 0 Å². The second-order valence-electron chi connectivity index (χ2n) is 5.19. The van der Waals surface area contributed by atoms with Crippen molar-refractivity contribution in [2.45, 2.75) is 31.7 Å². The number of hydrogen-bond acceptors (Lipinski definition) is 3. The fraction of sp³-hybridized carbons (Fsp3) is 0.400. The number of rotatable bonds is 4. The van der Waals surface area contributed by atoms with Gasteiger partial charge in [0.05, 0.1) is 0 Å². The lowest BCUT2D eigenvalue weighted by Crippen LogP contribution is -2.47. The Bertz CT molecular complexity index is 555. The number of hydrogen-bond donors (Lipinski definition) is 2. The van der Waals surface area contributed by atoms with Crippen molar-refractivity contribution >= 4 is 29.3 Å². The van der Waals surface area contributed by atoms with Gasteiger partial charge in [0.1, 0.15) is 11.8 Å². The first-order valence-electron chi connectivity index (χ1n) is 6.78. The summed E-state index contributed by atoms with van der Waals surface area (Å²) in [5.41, 5.74) is 0.341. The summed E-state index contributed by atoms with van der Waals surface area (Å²) in [6, 6.07) is 5.15. The molecule has 1 aromatic carbocycles. The number of ketones is 1. The maximum absolute atomic E-state index is 12.1. The van der Waals surface area contributed by atoms with Gasteiger partial charge in [-0.3, -0.25) is 9.59 Å². The number of carbonyl (C=O) groups excluding carboxylic acids is 2. The molecule has 0 bridgehead atoms. The molecule has 1 aliphatic carbocycles. The molecular formula is C15H16ClNO4. The van der Waals surface area contributed by atoms with Crippen molar-refractivity contribution in [3.8, 4) is 0 Å². The molecular weight excluding hydrogens is 294 g/mol. The van der Waals surface area contributed by atoms with Crippen LogP contribution in [0.2, 0.25) is 5.02 Å². The minimum absolute atomic E-state index is 0.0539. The second-order valence-corrected chi connectivity index (χ2v) is 5.63. The van der Waals surface area contributed by atoms with Gasteiger partial charge in [0.15, 0.2) is 0 Å². The predicted molar refractivity (Wildman–Crippen MR) is 77.3 cm³/mol. The van der Waals surface area contributed by atoms with E-state index in [0.29, 0.717) is 29.8 Å². The Morgan fingerprint density at radius 3 is 2.52 bits per heavy atom. The van der Waals surface area contributed by atoms with Crippen LogP contribution in [0.4, 0.5) is 0 Å². The van der Waals surface area contributed by atoms with Gasteiger partial charge in [-0.05, 0) is 43.0 Å². The average Bonchev–Trinajstić information content (AvgIpc) is 2.45. The van der Waals surface area contributed by atoms with Crippen LogP contribution < -0.4 is 5.32 Å². The summed E-state index contributed by atoms with van der Waals surface area (Å²) in [6.07, 6.45) is 2.00. The van der Waals surface area contributed by atoms with E-state index in [1.54, 1.807) is 12.1 Å². The molecule has 1 aromatic rings. The fourth-order valence-electron chi connectivity index (χ4n) is 2.55. The maximum atomic E-state index is 12.1. The molecule has 0 saturated heterocycles. The highest BCUT2D eigenvalue weighted by molar-refractivity contribution is 6.30. The zero-order valence-corrected chi connectivity index (χ0v) is 12.1. The van der Waals surface area contributed by atoms with Gasteiger partial charge in [-0.15, -0.1) is 0 Å². The summed E-state index contributed by atoms with van der Waals surface area (Å²) in [4.78, 5) is 34.9. The Hall–Kier alpha value is -1.88. The van der Waals surface area contributed by atoms with Gasteiger partial charge in [-0.2, -0.15) is 0 Å². The Morgan fingerprint density at radius 2 is 1.95 bits per heavy atom. The van der Waals surface area contributed by atoms with Crippen LogP contribution >= 0.6 is 11.6 Å². The molecule has 2 atom stereocenters. The van der Waals surface area contributed by atoms with E-state index in [1.165, 1.54) is 12.1 Å². The van der Waals surface area contributed by atoms with E-state index in [2.05, 4.69) is 5.32 Å². The van der Waals surface area contributed by atoms with Crippen molar-refractivity contribution in [2.24, 2.45) is 5.92 Å². The standard InChI is InChI=1S/C15H16ClNO4/c16-11-6-4-9(5-7-11)14(19)17-13(15(20)21)10-2-1-3-12(18)8-10/h4-7,10,13H,1-3,8H2,(H,17,19)(H,20,21)/t10-,13+/m0/s1. The molecule has 6 heteroatoms. The van der Waals surface area contributed by atoms with Gasteiger partial charge >= 0.3 is 5.97 Å². The maximum Gasteiger partial charge on any atom is 0.326 e. The summed E-state index contributed by atoms with van der Waals surface area (Å²) < 4.78 is 0. The molecule has 2 N–H and O–H groups in total. The van der Waals surface area contributed by atoms with Crippen molar-refractivity contribution in [1.82, 2.24) is 5.32 Å². The molecule has 0 spiro atoms. The summed E-state index contributed by atoms with van der Waals surface area (Å²) in [5.74, 6) is -1.88. The molecule has 0 aliphatic heterocycles. The largest absolute Gasteiger partial charge is 0.480 e. The first kappa shape index (κ1) is 15.5. The van der Waals surface area contributed by atoms with Crippen molar-refractivity contribution < 1.29 is 19.5 Å². The van der Waals surface area contributed by atoms with Crippen LogP contribution in [0.15, 0.2) is 24.3 Å². The molecule has 5 nitrogen and oxygen atoms in total. The Kier molecular flexibility index (Phi) is 4.96. The molecule has 0 heterocycles. The minimum Gasteiger partial charge on any atom is -0.480 e. The molecule has 1 saturated carbocycles. The van der Waals surface area contributed by atoms with Gasteiger partial charge in [0.25, 0.3) is 5.91 Å². The van der Waals surface area contributed by atoms with Gasteiger partial charge in [0.2, 0.25) is 0 Å². The highest BCUT2D eigenvalue weighted by Gasteiger charge is 2.33. The lowest BCUT2D eigenvalue weighted by molar-refractivity contribution is -0.141. The summed E-state index contributed by atoms with van der Waals surface area (Å²) in [6.45, 7) is 0. The zero-order valence-electron chi connectivity index (χ0n) is 11.3. The van der Waals surface area contributed by atoms with E-state index < -0.39 is 17.9 Å². The molecule has 0 unspecified atom stereocenters. The second kappa shape index (κ2) is 6.72. The number of benzene rings is 1. The van der Waals surface area contributed by atoms with E-state index >= 15 is 0 Å².